The number of benzene rings is 1. The number of urea groups is 1. The van der Waals surface area contributed by atoms with Crippen LogP contribution in [0.3, 0.4) is 0 Å². The zero-order valence-electron chi connectivity index (χ0n) is 13.9. The second kappa shape index (κ2) is 8.48. The highest BCUT2D eigenvalue weighted by atomic mass is 16.5. The molecular weight excluding hydrogens is 326 g/mol. The van der Waals surface area contributed by atoms with E-state index in [-0.39, 0.29) is 12.5 Å². The molecule has 1 saturated heterocycles. The van der Waals surface area contributed by atoms with E-state index in [1.807, 2.05) is 24.3 Å². The van der Waals surface area contributed by atoms with Gasteiger partial charge in [0.1, 0.15) is 0 Å². The van der Waals surface area contributed by atoms with Crippen LogP contribution >= 0.6 is 0 Å². The molecule has 2 N–H and O–H groups in total. The van der Waals surface area contributed by atoms with Gasteiger partial charge in [0.25, 0.3) is 6.47 Å². The van der Waals surface area contributed by atoms with Gasteiger partial charge >= 0.3 is 6.03 Å². The Morgan fingerprint density at radius 2 is 2.08 bits per heavy atom. The smallest absolute Gasteiger partial charge is 0.324 e. The Bertz CT molecular complexity index is 740. The summed E-state index contributed by atoms with van der Waals surface area (Å²) >= 11 is 0. The topological polar surface area (TPSA) is 108 Å². The molecule has 1 aliphatic heterocycles. The molecule has 9 nitrogen and oxygen atoms in total. The molecule has 1 aromatic heterocycles. The van der Waals surface area contributed by atoms with Crippen molar-refractivity contribution in [3.63, 3.8) is 0 Å². The predicted molar refractivity (Wildman–Crippen MR) is 92.4 cm³/mol. The average molecular weight is 345 g/mol. The number of aromatic nitrogens is 2. The highest BCUT2D eigenvalue weighted by molar-refractivity contribution is 5.94. The molecule has 1 fully saturated rings. The number of hydrogen-bond donors (Lipinski definition) is 2. The summed E-state index contributed by atoms with van der Waals surface area (Å²) in [5, 5.41) is 10.0. The molecule has 2 heterocycles. The summed E-state index contributed by atoms with van der Waals surface area (Å²) in [7, 11) is 3.36. The van der Waals surface area contributed by atoms with Crippen molar-refractivity contribution in [2.45, 2.75) is 0 Å². The number of carboxylic acid groups (broad SMARTS) is 1. The fourth-order valence-corrected chi connectivity index (χ4v) is 2.28. The minimum Gasteiger partial charge on any atom is -0.483 e. The number of nitrogens with zero attached hydrogens (tertiary/aromatic N) is 4. The number of likely N-dealkylation sites (N-methyl/N-ethyl adjacent to an activating group) is 1. The minimum atomic E-state index is -0.250. The standard InChI is InChI=1S/C15H17N5O2.CH2O2/c1-19-8-9-20(15(19)21)12-5-3-4-11(10-12)17-14-16-7-6-13(18-14)22-2;2-1-3/h3-7,10H,8-9H2,1-2H3,(H,16,17,18);1H,(H,2,3). The zero-order chi connectivity index (χ0) is 18.2. The number of nitrogens with one attached hydrogen (secondary N) is 1. The van der Waals surface area contributed by atoms with Crippen molar-refractivity contribution >= 4 is 29.8 Å². The Morgan fingerprint density at radius 1 is 1.32 bits per heavy atom. The zero-order valence-corrected chi connectivity index (χ0v) is 13.9. The highest BCUT2D eigenvalue weighted by Gasteiger charge is 2.26. The summed E-state index contributed by atoms with van der Waals surface area (Å²) < 4.78 is 5.07. The van der Waals surface area contributed by atoms with E-state index in [9.17, 15) is 4.79 Å². The molecule has 0 saturated carbocycles. The predicted octanol–water partition coefficient (Wildman–Crippen LogP) is 1.80. The maximum absolute atomic E-state index is 12.0. The molecule has 0 atom stereocenters. The molecule has 9 heteroatoms. The number of ether oxygens (including phenoxy) is 1. The van der Waals surface area contributed by atoms with Gasteiger partial charge in [0.2, 0.25) is 11.8 Å². The van der Waals surface area contributed by atoms with E-state index in [4.69, 9.17) is 14.6 Å². The van der Waals surface area contributed by atoms with Gasteiger partial charge in [0.05, 0.1) is 7.11 Å². The summed E-state index contributed by atoms with van der Waals surface area (Å²) in [5.74, 6) is 0.936. The van der Waals surface area contributed by atoms with Gasteiger partial charge in [-0.15, -0.1) is 0 Å². The van der Waals surface area contributed by atoms with E-state index >= 15 is 0 Å². The van der Waals surface area contributed by atoms with Gasteiger partial charge in [-0.25, -0.2) is 9.78 Å². The number of rotatable bonds is 4. The number of carbonyl (C=O) groups is 2. The Kier molecular flexibility index (Phi) is 6.10. The van der Waals surface area contributed by atoms with Crippen molar-refractivity contribution in [3.8, 4) is 5.88 Å². The molecular formula is C16H19N5O4. The quantitative estimate of drug-likeness (QED) is 0.813. The monoisotopic (exact) mass is 345 g/mol. The van der Waals surface area contributed by atoms with Crippen LogP contribution in [0, 0.1) is 0 Å². The van der Waals surface area contributed by atoms with Crippen LogP contribution in [-0.2, 0) is 4.79 Å². The largest absolute Gasteiger partial charge is 0.483 e. The molecule has 2 amide bonds. The van der Waals surface area contributed by atoms with Gasteiger partial charge in [0, 0.05) is 43.8 Å². The van der Waals surface area contributed by atoms with Crippen LogP contribution in [0.2, 0.25) is 0 Å². The number of amides is 2. The van der Waals surface area contributed by atoms with Crippen LogP contribution in [0.15, 0.2) is 36.5 Å². The minimum absolute atomic E-state index is 0.00906. The lowest BCUT2D eigenvalue weighted by atomic mass is 10.2. The van der Waals surface area contributed by atoms with Crippen LogP contribution in [0.1, 0.15) is 0 Å². The van der Waals surface area contributed by atoms with Gasteiger partial charge in [-0.3, -0.25) is 9.69 Å². The van der Waals surface area contributed by atoms with Gasteiger partial charge in [-0.2, -0.15) is 4.98 Å². The summed E-state index contributed by atoms with van der Waals surface area (Å²) in [6.07, 6.45) is 1.62. The molecule has 2 aromatic rings. The normalized spacial score (nSPS) is 13.1. The first-order valence-corrected chi connectivity index (χ1v) is 7.43. The van der Waals surface area contributed by atoms with Crippen molar-refractivity contribution in [2.75, 3.05) is 37.5 Å². The van der Waals surface area contributed by atoms with Gasteiger partial charge in [-0.05, 0) is 18.2 Å². The van der Waals surface area contributed by atoms with E-state index in [2.05, 4.69) is 15.3 Å². The molecule has 0 spiro atoms. The van der Waals surface area contributed by atoms with Crippen molar-refractivity contribution in [1.82, 2.24) is 14.9 Å². The van der Waals surface area contributed by atoms with Crippen molar-refractivity contribution < 1.29 is 19.4 Å². The molecule has 0 bridgehead atoms. The third kappa shape index (κ3) is 4.56. The Labute approximate surface area is 144 Å². The lowest BCUT2D eigenvalue weighted by Gasteiger charge is -2.17. The first-order chi connectivity index (χ1) is 12.1. The highest BCUT2D eigenvalue weighted by Crippen LogP contribution is 2.24. The van der Waals surface area contributed by atoms with Crippen molar-refractivity contribution in [3.05, 3.63) is 36.5 Å². The number of hydrogen-bond acceptors (Lipinski definition) is 6. The molecule has 0 unspecified atom stereocenters. The molecule has 1 aromatic carbocycles. The SMILES string of the molecule is COc1ccnc(Nc2cccc(N3CCN(C)C3=O)c2)n1.O=CO. The van der Waals surface area contributed by atoms with E-state index in [1.165, 1.54) is 0 Å². The van der Waals surface area contributed by atoms with Crippen molar-refractivity contribution in [2.24, 2.45) is 0 Å². The molecule has 0 aliphatic carbocycles. The van der Waals surface area contributed by atoms with Gasteiger partial charge in [0.15, 0.2) is 0 Å². The lowest BCUT2D eigenvalue weighted by molar-refractivity contribution is -0.122. The Morgan fingerprint density at radius 3 is 2.72 bits per heavy atom. The van der Waals surface area contributed by atoms with E-state index in [0.29, 0.717) is 18.4 Å². The molecule has 3 rings (SSSR count). The summed E-state index contributed by atoms with van der Waals surface area (Å²) in [6.45, 7) is 1.17. The van der Waals surface area contributed by atoms with Crippen LogP contribution in [0.4, 0.5) is 22.1 Å². The molecule has 25 heavy (non-hydrogen) atoms. The fourth-order valence-electron chi connectivity index (χ4n) is 2.28. The number of methoxy groups -OCH3 is 1. The van der Waals surface area contributed by atoms with E-state index < -0.39 is 0 Å². The van der Waals surface area contributed by atoms with Crippen LogP contribution in [0.25, 0.3) is 0 Å². The third-order valence-electron chi connectivity index (χ3n) is 3.47. The molecule has 1 aliphatic rings. The maximum atomic E-state index is 12.0. The average Bonchev–Trinajstić information content (AvgIpc) is 2.95. The lowest BCUT2D eigenvalue weighted by Crippen LogP contribution is -2.29. The second-order valence-corrected chi connectivity index (χ2v) is 5.06. The molecule has 0 radical (unpaired) electrons. The number of anilines is 3. The van der Waals surface area contributed by atoms with Gasteiger partial charge in [-0.1, -0.05) is 6.07 Å². The van der Waals surface area contributed by atoms with Crippen molar-refractivity contribution in [1.29, 1.82) is 0 Å². The van der Waals surface area contributed by atoms with E-state index in [0.717, 1.165) is 17.9 Å². The van der Waals surface area contributed by atoms with E-state index in [1.54, 1.807) is 36.2 Å². The maximum Gasteiger partial charge on any atom is 0.324 e. The Hall–Kier alpha value is -3.36. The second-order valence-electron chi connectivity index (χ2n) is 5.06. The van der Waals surface area contributed by atoms with Crippen LogP contribution < -0.4 is 15.0 Å². The summed E-state index contributed by atoms with van der Waals surface area (Å²) in [6, 6.07) is 9.30. The summed E-state index contributed by atoms with van der Waals surface area (Å²) in [5.41, 5.74) is 1.66. The first-order valence-electron chi connectivity index (χ1n) is 7.43. The summed E-state index contributed by atoms with van der Waals surface area (Å²) in [4.78, 5) is 32.2. The first kappa shape index (κ1) is 18.0. The van der Waals surface area contributed by atoms with Crippen LogP contribution in [-0.4, -0.2) is 59.7 Å². The number of carbonyl (C=O) groups excluding carboxylic acids is 1. The van der Waals surface area contributed by atoms with Crippen LogP contribution in [0.5, 0.6) is 5.88 Å². The molecule has 132 valence electrons. The fraction of sp³-hybridized carbons (Fsp3) is 0.250. The Balaban J connectivity index is 0.000000701. The third-order valence-corrected chi connectivity index (χ3v) is 3.47. The van der Waals surface area contributed by atoms with Gasteiger partial charge < -0.3 is 20.1 Å².